The van der Waals surface area contributed by atoms with Gasteiger partial charge in [-0.2, -0.15) is 0 Å². The maximum absolute atomic E-state index is 12.5. The highest BCUT2D eigenvalue weighted by Crippen LogP contribution is 2.61. The van der Waals surface area contributed by atoms with Gasteiger partial charge >= 0.3 is 0 Å². The second-order valence-electron chi connectivity index (χ2n) is 7.82. The molecule has 3 aliphatic rings. The fraction of sp³-hybridized carbons (Fsp3) is 0.611. The molecule has 4 rings (SSSR count). The first-order valence-electron chi connectivity index (χ1n) is 8.66. The van der Waals surface area contributed by atoms with Crippen molar-refractivity contribution in [2.24, 2.45) is 17.3 Å². The van der Waals surface area contributed by atoms with E-state index in [-0.39, 0.29) is 29.8 Å². The van der Waals surface area contributed by atoms with Crippen molar-refractivity contribution in [2.75, 3.05) is 0 Å². The fourth-order valence-corrected chi connectivity index (χ4v) is 5.60. The molecule has 0 radical (unpaired) electrons. The van der Waals surface area contributed by atoms with E-state index >= 15 is 0 Å². The number of phenols is 1. The van der Waals surface area contributed by atoms with Crippen LogP contribution < -0.4 is 0 Å². The molecule has 25 heavy (non-hydrogen) atoms. The molecular weight excluding hydrogens is 326 g/mol. The Labute approximate surface area is 144 Å². The summed E-state index contributed by atoms with van der Waals surface area (Å²) in [4.78, 5) is 28.5. The van der Waals surface area contributed by atoms with Gasteiger partial charge < -0.3 is 15.1 Å². The molecule has 0 heterocycles. The van der Waals surface area contributed by atoms with Gasteiger partial charge in [0, 0.05) is 11.8 Å². The van der Waals surface area contributed by atoms with E-state index in [4.69, 9.17) is 4.84 Å². The molecule has 0 aromatic heterocycles. The number of nitrogens with zero attached hydrogens (tertiary/aromatic N) is 1. The maximum Gasteiger partial charge on any atom is 0.294 e. The van der Waals surface area contributed by atoms with Crippen LogP contribution in [0, 0.1) is 27.4 Å². The summed E-state index contributed by atoms with van der Waals surface area (Å²) in [6.07, 6.45) is 1.44. The van der Waals surface area contributed by atoms with E-state index in [9.17, 15) is 25.1 Å². The van der Waals surface area contributed by atoms with Crippen LogP contribution in [-0.2, 0) is 21.7 Å². The first kappa shape index (κ1) is 16.3. The number of benzene rings is 1. The lowest BCUT2D eigenvalue weighted by molar-refractivity contribution is -0.775. The van der Waals surface area contributed by atoms with Gasteiger partial charge in [-0.3, -0.25) is 4.79 Å². The Hall–Kier alpha value is -2.15. The van der Waals surface area contributed by atoms with Crippen molar-refractivity contribution in [3.05, 3.63) is 39.4 Å². The minimum absolute atomic E-state index is 0.0152. The molecule has 2 saturated carbocycles. The van der Waals surface area contributed by atoms with Gasteiger partial charge in [0.05, 0.1) is 0 Å². The molecular formula is C18H21NO6. The topological polar surface area (TPSA) is 110 Å². The van der Waals surface area contributed by atoms with Crippen LogP contribution >= 0.6 is 0 Å². The number of fused-ring (bicyclic) bond motifs is 5. The molecule has 1 aromatic rings. The predicted octanol–water partition coefficient (Wildman–Crippen LogP) is 2.11. The zero-order valence-corrected chi connectivity index (χ0v) is 14.0. The predicted molar refractivity (Wildman–Crippen MR) is 86.1 cm³/mol. The maximum atomic E-state index is 12.5. The van der Waals surface area contributed by atoms with Crippen LogP contribution in [0.2, 0.25) is 0 Å². The molecule has 0 aliphatic heterocycles. The van der Waals surface area contributed by atoms with Crippen LogP contribution in [0.15, 0.2) is 18.2 Å². The number of carbonyl (C=O) groups is 1. The van der Waals surface area contributed by atoms with Crippen molar-refractivity contribution in [3.8, 4) is 5.75 Å². The lowest BCUT2D eigenvalue weighted by atomic mass is 9.52. The van der Waals surface area contributed by atoms with Crippen LogP contribution in [-0.4, -0.2) is 27.2 Å². The second-order valence-corrected chi connectivity index (χ2v) is 7.82. The first-order chi connectivity index (χ1) is 11.8. The van der Waals surface area contributed by atoms with E-state index < -0.39 is 22.2 Å². The second kappa shape index (κ2) is 5.17. The lowest BCUT2D eigenvalue weighted by Crippen LogP contribution is -2.61. The van der Waals surface area contributed by atoms with Gasteiger partial charge in [0.25, 0.3) is 5.09 Å². The van der Waals surface area contributed by atoms with Gasteiger partial charge in [-0.25, -0.2) is 0 Å². The van der Waals surface area contributed by atoms with Crippen molar-refractivity contribution < 1.29 is 24.9 Å². The van der Waals surface area contributed by atoms with Crippen LogP contribution in [0.3, 0.4) is 0 Å². The molecule has 134 valence electrons. The minimum Gasteiger partial charge on any atom is -0.508 e. The average molecular weight is 347 g/mol. The van der Waals surface area contributed by atoms with Gasteiger partial charge in [0.2, 0.25) is 0 Å². The summed E-state index contributed by atoms with van der Waals surface area (Å²) in [6.45, 7) is 1.86. The monoisotopic (exact) mass is 347 g/mol. The number of rotatable bonds is 2. The number of Topliss-reactive ketones (excluding diaryl/α,β-unsaturated/α-hetero) is 1. The van der Waals surface area contributed by atoms with Crippen molar-refractivity contribution in [2.45, 2.75) is 50.7 Å². The van der Waals surface area contributed by atoms with Crippen molar-refractivity contribution in [3.63, 3.8) is 0 Å². The smallest absolute Gasteiger partial charge is 0.294 e. The Morgan fingerprint density at radius 2 is 2.00 bits per heavy atom. The molecule has 0 spiro atoms. The summed E-state index contributed by atoms with van der Waals surface area (Å²) in [5, 5.41) is 31.6. The van der Waals surface area contributed by atoms with Crippen molar-refractivity contribution in [1.82, 2.24) is 0 Å². The zero-order chi connectivity index (χ0) is 18.0. The van der Waals surface area contributed by atoms with Crippen LogP contribution in [0.25, 0.3) is 0 Å². The number of hydrogen-bond donors (Lipinski definition) is 2. The summed E-state index contributed by atoms with van der Waals surface area (Å²) in [5.41, 5.74) is -0.853. The molecule has 1 aromatic carbocycles. The highest BCUT2D eigenvalue weighted by atomic mass is 17.0. The van der Waals surface area contributed by atoms with Gasteiger partial charge in [-0.1, -0.05) is 13.0 Å². The quantitative estimate of drug-likeness (QED) is 0.626. The highest BCUT2D eigenvalue weighted by Gasteiger charge is 2.65. The molecule has 3 aliphatic carbocycles. The Kier molecular flexibility index (Phi) is 3.38. The summed E-state index contributed by atoms with van der Waals surface area (Å²) < 4.78 is 0. The van der Waals surface area contributed by atoms with E-state index in [0.29, 0.717) is 31.2 Å². The number of aromatic hydroxyl groups is 1. The Morgan fingerprint density at radius 1 is 1.28 bits per heavy atom. The van der Waals surface area contributed by atoms with E-state index in [1.165, 1.54) is 6.07 Å². The SMILES string of the molecule is C[C@]12CC(O[N+](=O)[O-])C3(O)c4ccc(O)cc4CC[C@H]3[C@@H]1CCC2=O. The van der Waals surface area contributed by atoms with Crippen molar-refractivity contribution in [1.29, 1.82) is 0 Å². The number of ketones is 1. The molecule has 7 heteroatoms. The van der Waals surface area contributed by atoms with E-state index in [0.717, 1.165) is 5.56 Å². The Balaban J connectivity index is 1.87. The Morgan fingerprint density at radius 3 is 2.72 bits per heavy atom. The molecule has 0 saturated heterocycles. The minimum atomic E-state index is -1.52. The standard InChI is InChI=1S/C18H21NO6/c1-17-9-16(25-19(23)24)18(22)12-5-3-11(20)8-10(12)2-4-14(18)13(17)6-7-15(17)21/h3,5,8,13-14,16,20,22H,2,4,6-7,9H2,1H3/t13-,14-,16?,17-,18?/m0/s1. The Bertz CT molecular complexity index is 764. The largest absolute Gasteiger partial charge is 0.508 e. The molecule has 2 N–H and O–H groups in total. The third-order valence-corrected chi connectivity index (χ3v) is 6.75. The lowest BCUT2D eigenvalue weighted by Gasteiger charge is -2.55. The van der Waals surface area contributed by atoms with Crippen LogP contribution in [0.4, 0.5) is 0 Å². The van der Waals surface area contributed by atoms with Gasteiger partial charge in [-0.05, 0) is 60.8 Å². The van der Waals surface area contributed by atoms with E-state index in [2.05, 4.69) is 0 Å². The van der Waals surface area contributed by atoms with Gasteiger partial charge in [0.1, 0.15) is 23.2 Å². The highest BCUT2D eigenvalue weighted by molar-refractivity contribution is 5.87. The molecule has 2 unspecified atom stereocenters. The molecule has 2 fully saturated rings. The average Bonchev–Trinajstić information content (AvgIpc) is 2.82. The van der Waals surface area contributed by atoms with Gasteiger partial charge in [0.15, 0.2) is 0 Å². The van der Waals surface area contributed by atoms with Crippen molar-refractivity contribution >= 4 is 5.78 Å². The van der Waals surface area contributed by atoms with Crippen LogP contribution in [0.5, 0.6) is 5.75 Å². The van der Waals surface area contributed by atoms with Gasteiger partial charge in [-0.15, -0.1) is 10.1 Å². The summed E-state index contributed by atoms with van der Waals surface area (Å²) in [5.74, 6) is -0.0875. The van der Waals surface area contributed by atoms with E-state index in [1.54, 1.807) is 12.1 Å². The molecule has 7 nitrogen and oxygen atoms in total. The third kappa shape index (κ3) is 2.11. The number of aryl methyl sites for hydroxylation is 1. The zero-order valence-electron chi connectivity index (χ0n) is 14.0. The summed E-state index contributed by atoms with van der Waals surface area (Å²) in [7, 11) is 0. The number of phenolic OH excluding ortho intramolecular Hbond substituents is 1. The molecule has 0 amide bonds. The molecule has 5 atom stereocenters. The third-order valence-electron chi connectivity index (χ3n) is 6.75. The summed E-state index contributed by atoms with van der Waals surface area (Å²) in [6, 6.07) is 4.71. The van der Waals surface area contributed by atoms with E-state index in [1.807, 2.05) is 6.92 Å². The number of carbonyl (C=O) groups excluding carboxylic acids is 1. The van der Waals surface area contributed by atoms with Crippen LogP contribution in [0.1, 0.15) is 43.7 Å². The number of aliphatic hydroxyl groups is 1. The number of hydrogen-bond acceptors (Lipinski definition) is 6. The fourth-order valence-electron chi connectivity index (χ4n) is 5.60. The molecule has 0 bridgehead atoms. The summed E-state index contributed by atoms with van der Waals surface area (Å²) >= 11 is 0. The first-order valence-corrected chi connectivity index (χ1v) is 8.66. The normalized spacial score (nSPS) is 39.3.